The van der Waals surface area contributed by atoms with Crippen molar-refractivity contribution in [2.45, 2.75) is 0 Å². The number of rotatable bonds is 2. The molecule has 0 radical (unpaired) electrons. The number of aromatic hydroxyl groups is 2. The first-order valence-corrected chi connectivity index (χ1v) is 9.87. The Morgan fingerprint density at radius 1 is 0.633 bits per heavy atom. The molecule has 0 saturated carbocycles. The summed E-state index contributed by atoms with van der Waals surface area (Å²) in [7, 11) is 0. The molecule has 0 spiro atoms. The third kappa shape index (κ3) is 4.91. The normalized spacial score (nSPS) is 10.0. The number of nitrogens with zero attached hydrogens (tertiary/aromatic N) is 2. The summed E-state index contributed by atoms with van der Waals surface area (Å²) in [6, 6.07) is 28.1. The molecule has 2 aromatic heterocycles. The molecule has 6 heteroatoms. The van der Waals surface area contributed by atoms with Gasteiger partial charge in [-0.1, -0.05) is 42.5 Å². The maximum Gasteiger partial charge on any atom is 0.128 e. The molecule has 30 heavy (non-hydrogen) atoms. The van der Waals surface area contributed by atoms with Crippen LogP contribution in [0.15, 0.2) is 97.2 Å². The van der Waals surface area contributed by atoms with E-state index in [2.05, 4.69) is 9.97 Å². The Balaban J connectivity index is 0.000000169. The van der Waals surface area contributed by atoms with E-state index in [1.807, 2.05) is 72.8 Å². The minimum atomic E-state index is 0. The van der Waals surface area contributed by atoms with E-state index < -0.39 is 0 Å². The number of benzene rings is 3. The summed E-state index contributed by atoms with van der Waals surface area (Å²) < 4.78 is 1.14. The summed E-state index contributed by atoms with van der Waals surface area (Å²) in [6.45, 7) is 0. The number of pyridine rings is 1. The van der Waals surface area contributed by atoms with Gasteiger partial charge in [-0.2, -0.15) is 0 Å². The van der Waals surface area contributed by atoms with Crippen LogP contribution in [0.3, 0.4) is 0 Å². The van der Waals surface area contributed by atoms with Gasteiger partial charge in [-0.15, -0.1) is 11.3 Å². The molecule has 0 aliphatic rings. The van der Waals surface area contributed by atoms with Gasteiger partial charge in [0.05, 0.1) is 21.5 Å². The second-order valence-electron chi connectivity index (χ2n) is 6.24. The largest absolute Gasteiger partial charge is 0.507 e. The number of fused-ring (bicyclic) bond motifs is 1. The van der Waals surface area contributed by atoms with Crippen LogP contribution in [0.2, 0.25) is 0 Å². The zero-order valence-corrected chi connectivity index (χ0v) is 19.9. The number of phenols is 2. The van der Waals surface area contributed by atoms with Crippen molar-refractivity contribution in [3.63, 3.8) is 0 Å². The fourth-order valence-corrected chi connectivity index (χ4v) is 3.85. The monoisotopic (exact) mass is 462 g/mol. The quantitative estimate of drug-likeness (QED) is 0.309. The Bertz CT molecular complexity index is 1210. The van der Waals surface area contributed by atoms with Crippen molar-refractivity contribution in [1.82, 2.24) is 9.97 Å². The van der Waals surface area contributed by atoms with Gasteiger partial charge < -0.3 is 10.2 Å². The molecule has 5 rings (SSSR count). The van der Waals surface area contributed by atoms with Crippen molar-refractivity contribution in [1.29, 1.82) is 0 Å². The van der Waals surface area contributed by atoms with Gasteiger partial charge in [0.2, 0.25) is 0 Å². The number of para-hydroxylation sites is 3. The summed E-state index contributed by atoms with van der Waals surface area (Å²) >= 11 is 1.59. The second-order valence-corrected chi connectivity index (χ2v) is 7.27. The van der Waals surface area contributed by atoms with Crippen LogP contribution in [-0.4, -0.2) is 20.2 Å². The van der Waals surface area contributed by atoms with Crippen LogP contribution in [0.4, 0.5) is 0 Å². The maximum atomic E-state index is 9.76. The summed E-state index contributed by atoms with van der Waals surface area (Å²) in [5.74, 6) is 0.544. The molecule has 144 valence electrons. The molecule has 0 fully saturated rings. The van der Waals surface area contributed by atoms with Crippen molar-refractivity contribution >= 4 is 21.6 Å². The minimum Gasteiger partial charge on any atom is -0.507 e. The molecule has 2 N–H and O–H groups in total. The Labute approximate surface area is 191 Å². The number of aromatic nitrogens is 2. The van der Waals surface area contributed by atoms with Gasteiger partial charge in [-0.05, 0) is 48.5 Å². The van der Waals surface area contributed by atoms with E-state index >= 15 is 0 Å². The van der Waals surface area contributed by atoms with Crippen LogP contribution in [0.25, 0.3) is 32.0 Å². The molecule has 2 heterocycles. The third-order valence-corrected chi connectivity index (χ3v) is 5.34. The second kappa shape index (κ2) is 10.1. The van der Waals surface area contributed by atoms with Gasteiger partial charge in [0.15, 0.2) is 0 Å². The van der Waals surface area contributed by atoms with Crippen LogP contribution in [0, 0.1) is 0 Å². The molecule has 3 aromatic carbocycles. The molecule has 0 aliphatic heterocycles. The predicted molar refractivity (Wildman–Crippen MR) is 118 cm³/mol. The fraction of sp³-hybridized carbons (Fsp3) is 0. The molecule has 0 bridgehead atoms. The standard InChI is InChI=1S/C13H9NOS.C11H9NO.Zn/c15-11-7-3-1-5-9(11)13-14-10-6-2-4-8-12(10)16-13;13-11-7-2-1-5-9(11)10-6-3-4-8-12-10;/h1-8,15H;1-8,13H;. The molecular weight excluding hydrogens is 446 g/mol. The number of hydrogen-bond acceptors (Lipinski definition) is 5. The van der Waals surface area contributed by atoms with E-state index in [4.69, 9.17) is 0 Å². The van der Waals surface area contributed by atoms with Gasteiger partial charge in [-0.3, -0.25) is 4.98 Å². The SMILES string of the molecule is Oc1ccccc1-c1ccccn1.Oc1ccccc1-c1nc2ccccc2s1.[Zn]. The molecule has 5 aromatic rings. The average Bonchev–Trinajstić information content (AvgIpc) is 3.19. The first-order valence-electron chi connectivity index (χ1n) is 9.06. The number of hydrogen-bond donors (Lipinski definition) is 2. The van der Waals surface area contributed by atoms with Gasteiger partial charge >= 0.3 is 0 Å². The zero-order valence-electron chi connectivity index (χ0n) is 16.1. The van der Waals surface area contributed by atoms with Crippen molar-refractivity contribution in [2.24, 2.45) is 0 Å². The first-order chi connectivity index (χ1) is 14.2. The molecule has 0 saturated heterocycles. The van der Waals surface area contributed by atoms with Gasteiger partial charge in [0.1, 0.15) is 16.5 Å². The molecule has 0 unspecified atom stereocenters. The van der Waals surface area contributed by atoms with Crippen LogP contribution in [-0.2, 0) is 19.5 Å². The van der Waals surface area contributed by atoms with Gasteiger partial charge in [0.25, 0.3) is 0 Å². The molecule has 0 amide bonds. The Hall–Kier alpha value is -3.08. The smallest absolute Gasteiger partial charge is 0.128 e. The van der Waals surface area contributed by atoms with Crippen LogP contribution >= 0.6 is 11.3 Å². The van der Waals surface area contributed by atoms with Crippen LogP contribution < -0.4 is 0 Å². The molecule has 4 nitrogen and oxygen atoms in total. The van der Waals surface area contributed by atoms with E-state index in [0.29, 0.717) is 0 Å². The Morgan fingerprint density at radius 2 is 1.23 bits per heavy atom. The molecule has 0 aliphatic carbocycles. The molecular formula is C24H18N2O2SZn. The summed E-state index contributed by atoms with van der Waals surface area (Å²) in [5.41, 5.74) is 3.33. The summed E-state index contributed by atoms with van der Waals surface area (Å²) in [4.78, 5) is 8.65. The van der Waals surface area contributed by atoms with Crippen LogP contribution in [0.5, 0.6) is 11.5 Å². The Morgan fingerprint density at radius 3 is 1.87 bits per heavy atom. The van der Waals surface area contributed by atoms with Gasteiger partial charge in [0, 0.05) is 31.2 Å². The van der Waals surface area contributed by atoms with E-state index in [0.717, 1.165) is 32.0 Å². The van der Waals surface area contributed by atoms with Crippen molar-refractivity contribution < 1.29 is 29.7 Å². The topological polar surface area (TPSA) is 66.2 Å². The van der Waals surface area contributed by atoms with E-state index in [1.165, 1.54) is 0 Å². The van der Waals surface area contributed by atoms with E-state index in [-0.39, 0.29) is 31.0 Å². The summed E-state index contributed by atoms with van der Waals surface area (Å²) in [5, 5.41) is 20.1. The first kappa shape index (κ1) is 21.6. The maximum absolute atomic E-state index is 9.76. The minimum absolute atomic E-state index is 0. The van der Waals surface area contributed by atoms with Crippen molar-refractivity contribution in [3.8, 4) is 33.3 Å². The molecule has 0 atom stereocenters. The average molecular weight is 464 g/mol. The fourth-order valence-electron chi connectivity index (χ4n) is 2.85. The third-order valence-electron chi connectivity index (χ3n) is 4.27. The zero-order chi connectivity index (χ0) is 20.1. The van der Waals surface area contributed by atoms with Crippen molar-refractivity contribution in [2.75, 3.05) is 0 Å². The Kier molecular flexibility index (Phi) is 7.28. The van der Waals surface area contributed by atoms with Crippen molar-refractivity contribution in [3.05, 3.63) is 97.2 Å². The number of phenolic OH excluding ortho intramolecular Hbond substituents is 2. The van der Waals surface area contributed by atoms with E-state index in [9.17, 15) is 10.2 Å². The van der Waals surface area contributed by atoms with Crippen LogP contribution in [0.1, 0.15) is 0 Å². The van der Waals surface area contributed by atoms with Gasteiger partial charge in [-0.25, -0.2) is 4.98 Å². The summed E-state index contributed by atoms with van der Waals surface area (Å²) in [6.07, 6.45) is 1.71. The van der Waals surface area contributed by atoms with E-state index in [1.54, 1.807) is 35.7 Å². The predicted octanol–water partition coefficient (Wildman–Crippen LogP) is 6.12. The number of thiazole rings is 1.